The van der Waals surface area contributed by atoms with Gasteiger partial charge in [0.1, 0.15) is 17.3 Å². The van der Waals surface area contributed by atoms with Crippen molar-refractivity contribution in [2.45, 2.75) is 30.9 Å². The second-order valence-corrected chi connectivity index (χ2v) is 9.36. The lowest BCUT2D eigenvalue weighted by Crippen LogP contribution is -2.52. The van der Waals surface area contributed by atoms with E-state index in [9.17, 15) is 19.1 Å². The van der Waals surface area contributed by atoms with E-state index in [4.69, 9.17) is 17.3 Å². The van der Waals surface area contributed by atoms with Gasteiger partial charge in [-0.3, -0.25) is 14.5 Å². The van der Waals surface area contributed by atoms with Crippen molar-refractivity contribution in [1.29, 1.82) is 0 Å². The van der Waals surface area contributed by atoms with Crippen LogP contribution in [0.25, 0.3) is 0 Å². The van der Waals surface area contributed by atoms with Gasteiger partial charge in [-0.25, -0.2) is 4.39 Å². The van der Waals surface area contributed by atoms with Crippen LogP contribution in [0, 0.1) is 5.82 Å². The predicted octanol–water partition coefficient (Wildman–Crippen LogP) is 3.24. The normalized spacial score (nSPS) is 19.4. The molecule has 0 aliphatic carbocycles. The molecule has 0 bridgehead atoms. The Balaban J connectivity index is 1.43. The highest BCUT2D eigenvalue weighted by Crippen LogP contribution is 2.35. The summed E-state index contributed by atoms with van der Waals surface area (Å²) in [5, 5.41) is 14.5. The Morgan fingerprint density at radius 2 is 1.94 bits per heavy atom. The highest BCUT2D eigenvalue weighted by atomic mass is 35.5. The Kier molecular flexibility index (Phi) is 7.11. The smallest absolute Gasteiger partial charge is 0.265 e. The molecule has 2 amide bonds. The maximum Gasteiger partial charge on any atom is 0.265 e. The first-order valence-corrected chi connectivity index (χ1v) is 11.8. The van der Waals surface area contributed by atoms with Gasteiger partial charge >= 0.3 is 0 Å². The number of amides is 2. The summed E-state index contributed by atoms with van der Waals surface area (Å²) in [6, 6.07) is 11.0. The van der Waals surface area contributed by atoms with Crippen molar-refractivity contribution in [2.75, 3.05) is 13.1 Å². The molecule has 7 nitrogen and oxygen atoms in total. The number of phenolic OH excluding ortho intramolecular Hbond substituents is 1. The monoisotopic (exact) mass is 490 g/mol. The van der Waals surface area contributed by atoms with Gasteiger partial charge in [-0.05, 0) is 37.1 Å². The van der Waals surface area contributed by atoms with Crippen LogP contribution in [0.15, 0.2) is 53.6 Å². The van der Waals surface area contributed by atoms with E-state index >= 15 is 0 Å². The Labute approximate surface area is 200 Å². The van der Waals surface area contributed by atoms with Crippen molar-refractivity contribution < 1.29 is 19.1 Å². The number of thioether (sulfide) groups is 1. The number of hydrogen-bond acceptors (Lipinski definition) is 6. The molecular formula is C23H24ClFN4O3S. The Morgan fingerprint density at radius 3 is 2.61 bits per heavy atom. The average Bonchev–Trinajstić information content (AvgIpc) is 3.21. The summed E-state index contributed by atoms with van der Waals surface area (Å²) in [7, 11) is 0. The topological polar surface area (TPSA) is 98.9 Å². The minimum Gasteiger partial charge on any atom is -0.508 e. The number of nitrogens with one attached hydrogen (secondary N) is 1. The van der Waals surface area contributed by atoms with Crippen LogP contribution in [0.1, 0.15) is 28.8 Å². The molecule has 2 aliphatic rings. The van der Waals surface area contributed by atoms with Gasteiger partial charge < -0.3 is 21.1 Å². The number of nitrogens with two attached hydrogens (primary N) is 1. The third-order valence-corrected chi connectivity index (χ3v) is 7.12. The fourth-order valence-electron chi connectivity index (χ4n) is 4.13. The number of nitrogens with zero attached hydrogens (tertiary/aromatic N) is 2. The lowest BCUT2D eigenvalue weighted by atomic mass is 10.0. The lowest BCUT2D eigenvalue weighted by molar-refractivity contribution is -0.116. The van der Waals surface area contributed by atoms with Crippen LogP contribution in [-0.2, 0) is 11.3 Å². The van der Waals surface area contributed by atoms with Crippen LogP contribution >= 0.6 is 23.4 Å². The molecule has 4 N–H and O–H groups in total. The molecule has 4 rings (SSSR count). The van der Waals surface area contributed by atoms with Crippen molar-refractivity contribution in [3.63, 3.8) is 0 Å². The molecule has 1 fully saturated rings. The largest absolute Gasteiger partial charge is 0.508 e. The van der Waals surface area contributed by atoms with Gasteiger partial charge in [-0.1, -0.05) is 41.6 Å². The fourth-order valence-corrected chi connectivity index (χ4v) is 5.40. The molecule has 10 heteroatoms. The Bertz CT molecular complexity index is 1090. The lowest BCUT2D eigenvalue weighted by Gasteiger charge is -2.41. The van der Waals surface area contributed by atoms with Crippen molar-refractivity contribution >= 4 is 35.2 Å². The second-order valence-electron chi connectivity index (χ2n) is 8.00. The van der Waals surface area contributed by atoms with Gasteiger partial charge in [0.25, 0.3) is 11.8 Å². The number of benzene rings is 2. The number of phenols is 1. The van der Waals surface area contributed by atoms with Gasteiger partial charge in [0.15, 0.2) is 5.50 Å². The highest BCUT2D eigenvalue weighted by Gasteiger charge is 2.37. The number of aromatic hydroxyl groups is 1. The van der Waals surface area contributed by atoms with Crippen LogP contribution in [0.2, 0.25) is 5.02 Å². The number of carbonyl (C=O) groups excluding carboxylic acids is 2. The molecule has 1 saturated heterocycles. The van der Waals surface area contributed by atoms with Gasteiger partial charge in [-0.2, -0.15) is 0 Å². The Hall–Kier alpha value is -2.75. The predicted molar refractivity (Wildman–Crippen MR) is 126 cm³/mol. The third-order valence-electron chi connectivity index (χ3n) is 5.86. The first kappa shape index (κ1) is 23.4. The summed E-state index contributed by atoms with van der Waals surface area (Å²) in [4.78, 5) is 28.9. The van der Waals surface area contributed by atoms with Crippen LogP contribution < -0.4 is 11.1 Å². The standard InChI is InChI=1S/C23H24ClFN4O3S/c24-17-11-14(5-6-18(17)25)22(32)27-23-29(19(13-33-23)21(26)31)16-7-9-28(10-8-16)12-15-3-1-2-4-20(15)30/h1-6,11,13,16,23,30H,7-10,12H2,(H2,26,31)(H,27,32). The van der Waals surface area contributed by atoms with E-state index in [-0.39, 0.29) is 22.4 Å². The molecular weight excluding hydrogens is 467 g/mol. The quantitative estimate of drug-likeness (QED) is 0.575. The van der Waals surface area contributed by atoms with Crippen molar-refractivity contribution in [3.05, 3.63) is 75.5 Å². The van der Waals surface area contributed by atoms with Crippen LogP contribution in [0.5, 0.6) is 5.75 Å². The molecule has 1 atom stereocenters. The first-order chi connectivity index (χ1) is 15.8. The SMILES string of the molecule is NC(=O)C1=CSC(NC(=O)c2ccc(F)c(Cl)c2)N1C1CCN(Cc2ccccc2O)CC1. The van der Waals surface area contributed by atoms with E-state index in [2.05, 4.69) is 10.2 Å². The molecule has 2 heterocycles. The molecule has 2 aromatic carbocycles. The molecule has 0 aromatic heterocycles. The molecule has 33 heavy (non-hydrogen) atoms. The summed E-state index contributed by atoms with van der Waals surface area (Å²) in [6.45, 7) is 2.17. The summed E-state index contributed by atoms with van der Waals surface area (Å²) in [5.74, 6) is -1.30. The minimum atomic E-state index is -0.599. The minimum absolute atomic E-state index is 0.00137. The maximum absolute atomic E-state index is 13.4. The zero-order valence-electron chi connectivity index (χ0n) is 17.7. The van der Waals surface area contributed by atoms with Crippen molar-refractivity contribution in [2.24, 2.45) is 5.73 Å². The number of hydrogen-bond donors (Lipinski definition) is 3. The molecule has 174 valence electrons. The van der Waals surface area contributed by atoms with E-state index in [1.807, 2.05) is 17.0 Å². The number of piperidine rings is 1. The van der Waals surface area contributed by atoms with E-state index in [1.54, 1.807) is 17.5 Å². The Morgan fingerprint density at radius 1 is 1.21 bits per heavy atom. The third kappa shape index (κ3) is 5.26. The molecule has 2 aromatic rings. The number of rotatable bonds is 6. The van der Waals surface area contributed by atoms with E-state index < -0.39 is 23.1 Å². The van der Waals surface area contributed by atoms with Crippen LogP contribution in [0.3, 0.4) is 0 Å². The van der Waals surface area contributed by atoms with E-state index in [0.717, 1.165) is 37.6 Å². The maximum atomic E-state index is 13.4. The van der Waals surface area contributed by atoms with Crippen LogP contribution in [0.4, 0.5) is 4.39 Å². The van der Waals surface area contributed by atoms with Gasteiger partial charge in [0.05, 0.1) is 5.02 Å². The highest BCUT2D eigenvalue weighted by molar-refractivity contribution is 8.02. The average molecular weight is 491 g/mol. The van der Waals surface area contributed by atoms with Gasteiger partial charge in [0, 0.05) is 42.2 Å². The number of carbonyl (C=O) groups is 2. The van der Waals surface area contributed by atoms with E-state index in [1.165, 1.54) is 23.9 Å². The molecule has 0 spiro atoms. The summed E-state index contributed by atoms with van der Waals surface area (Å²) in [5.41, 5.74) is 6.55. The number of halogens is 2. The number of primary amides is 1. The van der Waals surface area contributed by atoms with Crippen LogP contribution in [-0.4, -0.2) is 51.3 Å². The van der Waals surface area contributed by atoms with Gasteiger partial charge in [0.2, 0.25) is 0 Å². The summed E-state index contributed by atoms with van der Waals surface area (Å²) < 4.78 is 13.4. The summed E-state index contributed by atoms with van der Waals surface area (Å²) in [6.07, 6.45) is 1.51. The molecule has 1 unspecified atom stereocenters. The van der Waals surface area contributed by atoms with Crippen molar-refractivity contribution in [3.8, 4) is 5.75 Å². The molecule has 0 saturated carbocycles. The first-order valence-electron chi connectivity index (χ1n) is 10.5. The molecule has 0 radical (unpaired) electrons. The second kappa shape index (κ2) is 10.0. The summed E-state index contributed by atoms with van der Waals surface area (Å²) >= 11 is 7.10. The zero-order chi connectivity index (χ0) is 23.5. The van der Waals surface area contributed by atoms with E-state index in [0.29, 0.717) is 12.2 Å². The number of para-hydroxylation sites is 1. The van der Waals surface area contributed by atoms with Gasteiger partial charge in [-0.15, -0.1) is 0 Å². The number of likely N-dealkylation sites (tertiary alicyclic amines) is 1. The molecule has 2 aliphatic heterocycles. The fraction of sp³-hybridized carbons (Fsp3) is 0.304. The van der Waals surface area contributed by atoms with Crippen molar-refractivity contribution in [1.82, 2.24) is 15.1 Å². The zero-order valence-corrected chi connectivity index (χ0v) is 19.3.